The normalized spacial score (nSPS) is 29.4. The summed E-state index contributed by atoms with van der Waals surface area (Å²) >= 11 is 0. The van der Waals surface area contributed by atoms with Crippen LogP contribution in [-0.2, 0) is 6.18 Å². The lowest BCUT2D eigenvalue weighted by Crippen LogP contribution is -2.25. The minimum Gasteiger partial charge on any atom is -0.206 e. The average Bonchev–Trinajstić information content (AvgIpc) is 2.65. The fraction of sp³-hybridized carbons (Fsp3) is 0.652. The van der Waals surface area contributed by atoms with Crippen LogP contribution < -0.4 is 0 Å². The molecule has 0 unspecified atom stereocenters. The van der Waals surface area contributed by atoms with Gasteiger partial charge in [0.2, 0.25) is 0 Å². The molecule has 0 nitrogen and oxygen atoms in total. The highest BCUT2D eigenvalue weighted by Gasteiger charge is 2.38. The van der Waals surface area contributed by atoms with Crippen LogP contribution >= 0.6 is 0 Å². The van der Waals surface area contributed by atoms with E-state index in [0.717, 1.165) is 44.2 Å². The molecule has 0 radical (unpaired) electrons. The molecule has 0 amide bonds. The van der Waals surface area contributed by atoms with Crippen LogP contribution in [0.2, 0.25) is 0 Å². The van der Waals surface area contributed by atoms with Gasteiger partial charge in [0.1, 0.15) is 17.2 Å². The van der Waals surface area contributed by atoms with Gasteiger partial charge >= 0.3 is 6.18 Å². The molecule has 0 heterocycles. The molecule has 2 saturated carbocycles. The summed E-state index contributed by atoms with van der Waals surface area (Å²) in [6, 6.07) is 1.78. The number of hydrogen-bond donors (Lipinski definition) is 0. The van der Waals surface area contributed by atoms with E-state index in [1.165, 1.54) is 25.7 Å². The number of rotatable bonds is 4. The largest absolute Gasteiger partial charge is 0.422 e. The van der Waals surface area contributed by atoms with Gasteiger partial charge in [-0.05, 0) is 99.2 Å². The summed E-state index contributed by atoms with van der Waals surface area (Å²) in [6.45, 7) is 2.15. The third-order valence-corrected chi connectivity index (χ3v) is 6.72. The van der Waals surface area contributed by atoms with Crippen molar-refractivity contribution in [2.75, 3.05) is 0 Å². The molecular formula is C23H29F5. The van der Waals surface area contributed by atoms with Crippen LogP contribution in [0.4, 0.5) is 22.0 Å². The van der Waals surface area contributed by atoms with E-state index < -0.39 is 23.4 Å². The van der Waals surface area contributed by atoms with Crippen molar-refractivity contribution in [3.8, 4) is 0 Å². The molecule has 156 valence electrons. The Morgan fingerprint density at radius 1 is 0.857 bits per heavy atom. The first kappa shape index (κ1) is 21.3. The summed E-state index contributed by atoms with van der Waals surface area (Å²) in [6.07, 6.45) is 9.19. The highest BCUT2D eigenvalue weighted by molar-refractivity contribution is 5.30. The third-order valence-electron chi connectivity index (χ3n) is 6.72. The molecular weight excluding hydrogens is 371 g/mol. The Kier molecular flexibility index (Phi) is 6.82. The van der Waals surface area contributed by atoms with Crippen LogP contribution in [0.1, 0.15) is 81.8 Å². The zero-order chi connectivity index (χ0) is 20.3. The molecule has 2 aliphatic rings. The maximum atomic E-state index is 13.9. The highest BCUT2D eigenvalue weighted by Crippen LogP contribution is 2.45. The van der Waals surface area contributed by atoms with Gasteiger partial charge in [0.15, 0.2) is 0 Å². The Morgan fingerprint density at radius 3 is 1.82 bits per heavy atom. The topological polar surface area (TPSA) is 0 Å². The first-order valence-electron chi connectivity index (χ1n) is 10.5. The minimum atomic E-state index is -5.00. The zero-order valence-corrected chi connectivity index (χ0v) is 16.4. The monoisotopic (exact) mass is 400 g/mol. The summed E-state index contributed by atoms with van der Waals surface area (Å²) in [5.74, 6) is -0.993. The molecule has 1 aromatic rings. The highest BCUT2D eigenvalue weighted by atomic mass is 19.4. The van der Waals surface area contributed by atoms with Crippen molar-refractivity contribution >= 4 is 0 Å². The Balaban J connectivity index is 1.57. The lowest BCUT2D eigenvalue weighted by atomic mass is 9.68. The van der Waals surface area contributed by atoms with Crippen LogP contribution in [0, 0.1) is 29.4 Å². The van der Waals surface area contributed by atoms with Crippen molar-refractivity contribution in [2.45, 2.75) is 76.8 Å². The summed E-state index contributed by atoms with van der Waals surface area (Å²) in [4.78, 5) is 0. The second-order valence-corrected chi connectivity index (χ2v) is 8.48. The van der Waals surface area contributed by atoms with E-state index in [-0.39, 0.29) is 5.92 Å². The van der Waals surface area contributed by atoms with Crippen LogP contribution in [-0.4, -0.2) is 0 Å². The molecule has 0 bridgehead atoms. The van der Waals surface area contributed by atoms with E-state index >= 15 is 0 Å². The van der Waals surface area contributed by atoms with E-state index in [1.54, 1.807) is 0 Å². The first-order chi connectivity index (χ1) is 13.3. The number of hydrogen-bond acceptors (Lipinski definition) is 0. The minimum absolute atomic E-state index is 0.0497. The molecule has 0 aliphatic heterocycles. The van der Waals surface area contributed by atoms with Crippen LogP contribution in [0.3, 0.4) is 0 Å². The average molecular weight is 400 g/mol. The SMILES string of the molecule is CCC=CC1CCC(C2CCC(c3cc(F)c(C(F)(F)F)c(F)c3)CC2)CC1. The van der Waals surface area contributed by atoms with Gasteiger partial charge in [0, 0.05) is 0 Å². The maximum Gasteiger partial charge on any atom is 0.422 e. The second kappa shape index (κ2) is 8.96. The third kappa shape index (κ3) is 4.96. The van der Waals surface area contributed by atoms with Gasteiger partial charge in [0.25, 0.3) is 0 Å². The second-order valence-electron chi connectivity index (χ2n) is 8.48. The van der Waals surface area contributed by atoms with Gasteiger partial charge in [0.05, 0.1) is 0 Å². The number of benzene rings is 1. The quantitative estimate of drug-likeness (QED) is 0.354. The fourth-order valence-electron chi connectivity index (χ4n) is 5.16. The van der Waals surface area contributed by atoms with Crippen molar-refractivity contribution in [1.82, 2.24) is 0 Å². The molecule has 0 spiro atoms. The van der Waals surface area contributed by atoms with Crippen molar-refractivity contribution < 1.29 is 22.0 Å². The maximum absolute atomic E-state index is 13.9. The number of alkyl halides is 3. The van der Waals surface area contributed by atoms with Crippen molar-refractivity contribution in [1.29, 1.82) is 0 Å². The Hall–Kier alpha value is -1.39. The predicted octanol–water partition coefficient (Wildman–Crippen LogP) is 8.03. The van der Waals surface area contributed by atoms with E-state index in [0.29, 0.717) is 23.3 Å². The fourth-order valence-corrected chi connectivity index (χ4v) is 5.16. The smallest absolute Gasteiger partial charge is 0.206 e. The number of halogens is 5. The van der Waals surface area contributed by atoms with Gasteiger partial charge in [-0.1, -0.05) is 19.1 Å². The molecule has 5 heteroatoms. The molecule has 2 aliphatic carbocycles. The van der Waals surface area contributed by atoms with Gasteiger partial charge in [-0.15, -0.1) is 0 Å². The summed E-state index contributed by atoms with van der Waals surface area (Å²) < 4.78 is 66.0. The molecule has 2 fully saturated rings. The van der Waals surface area contributed by atoms with Crippen LogP contribution in [0.5, 0.6) is 0 Å². The molecule has 0 atom stereocenters. The van der Waals surface area contributed by atoms with Gasteiger partial charge in [-0.25, -0.2) is 8.78 Å². The van der Waals surface area contributed by atoms with Crippen molar-refractivity contribution in [3.05, 3.63) is 47.0 Å². The Bertz CT molecular complexity index is 652. The Morgan fingerprint density at radius 2 is 1.36 bits per heavy atom. The lowest BCUT2D eigenvalue weighted by Gasteiger charge is -2.37. The van der Waals surface area contributed by atoms with Gasteiger partial charge in [-0.3, -0.25) is 0 Å². The number of allylic oxidation sites excluding steroid dienone is 2. The van der Waals surface area contributed by atoms with E-state index in [4.69, 9.17) is 0 Å². The van der Waals surface area contributed by atoms with Gasteiger partial charge in [-0.2, -0.15) is 13.2 Å². The summed E-state index contributed by atoms with van der Waals surface area (Å²) in [5, 5.41) is 0. The Labute approximate surface area is 164 Å². The van der Waals surface area contributed by atoms with Crippen molar-refractivity contribution in [3.63, 3.8) is 0 Å². The zero-order valence-electron chi connectivity index (χ0n) is 16.4. The summed E-state index contributed by atoms with van der Waals surface area (Å²) in [7, 11) is 0. The first-order valence-corrected chi connectivity index (χ1v) is 10.5. The summed E-state index contributed by atoms with van der Waals surface area (Å²) in [5.41, 5.74) is -1.41. The molecule has 3 rings (SSSR count). The molecule has 28 heavy (non-hydrogen) atoms. The molecule has 0 saturated heterocycles. The molecule has 0 aromatic heterocycles. The standard InChI is InChI=1S/C23H29F5/c1-2-3-4-15-5-7-16(8-6-15)17-9-11-18(12-10-17)19-13-20(24)22(21(25)14-19)23(26,27)28/h3-4,13-18H,2,5-12H2,1H3. The van der Waals surface area contributed by atoms with E-state index in [2.05, 4.69) is 19.1 Å². The molecule has 1 aromatic carbocycles. The van der Waals surface area contributed by atoms with Gasteiger partial charge < -0.3 is 0 Å². The molecule has 0 N–H and O–H groups in total. The van der Waals surface area contributed by atoms with Crippen molar-refractivity contribution in [2.24, 2.45) is 17.8 Å². The van der Waals surface area contributed by atoms with E-state index in [9.17, 15) is 22.0 Å². The van der Waals surface area contributed by atoms with Crippen LogP contribution in [0.25, 0.3) is 0 Å². The van der Waals surface area contributed by atoms with E-state index in [1.807, 2.05) is 0 Å². The van der Waals surface area contributed by atoms with Crippen LogP contribution in [0.15, 0.2) is 24.3 Å². The predicted molar refractivity (Wildman–Crippen MR) is 101 cm³/mol. The lowest BCUT2D eigenvalue weighted by molar-refractivity contribution is -0.142.